The Morgan fingerprint density at radius 3 is 2.24 bits per heavy atom. The van der Waals surface area contributed by atoms with Gasteiger partial charge in [0.25, 0.3) is 0 Å². The van der Waals surface area contributed by atoms with Gasteiger partial charge in [-0.3, -0.25) is 4.79 Å². The minimum atomic E-state index is -0.470. The first kappa shape index (κ1) is 21.5. The van der Waals surface area contributed by atoms with Gasteiger partial charge < -0.3 is 15.2 Å². The van der Waals surface area contributed by atoms with E-state index in [4.69, 9.17) is 4.74 Å². The van der Waals surface area contributed by atoms with Gasteiger partial charge in [-0.2, -0.15) is 0 Å². The van der Waals surface area contributed by atoms with Crippen molar-refractivity contribution in [2.75, 3.05) is 19.8 Å². The lowest BCUT2D eigenvalue weighted by molar-refractivity contribution is -0.137. The standard InChI is InChI=1S/C25H33NO3/c1-4-23(17-27)26-24(28)25(9-11-29-12-10-25)16-20-5-7-21(8-6-20)22-14-18(2)13-19(3)15-22/h5-8,13-15,23,27H,4,9-12,16-17H2,1-3H3,(H,26,28)/t23-/m1/s1. The molecule has 1 atom stereocenters. The van der Waals surface area contributed by atoms with E-state index in [1.807, 2.05) is 6.92 Å². The Morgan fingerprint density at radius 1 is 1.07 bits per heavy atom. The van der Waals surface area contributed by atoms with Crippen LogP contribution in [0.15, 0.2) is 42.5 Å². The number of hydrogen-bond donors (Lipinski definition) is 2. The first-order valence-corrected chi connectivity index (χ1v) is 10.6. The molecule has 1 heterocycles. The summed E-state index contributed by atoms with van der Waals surface area (Å²) in [6.45, 7) is 7.39. The van der Waals surface area contributed by atoms with Crippen molar-refractivity contribution in [3.8, 4) is 11.1 Å². The van der Waals surface area contributed by atoms with Gasteiger partial charge in [-0.1, -0.05) is 60.5 Å². The average molecular weight is 396 g/mol. The topological polar surface area (TPSA) is 58.6 Å². The summed E-state index contributed by atoms with van der Waals surface area (Å²) in [5.74, 6) is 0.0417. The molecule has 1 saturated heterocycles. The maximum Gasteiger partial charge on any atom is 0.227 e. The second-order valence-electron chi connectivity index (χ2n) is 8.40. The van der Waals surface area contributed by atoms with Gasteiger partial charge >= 0.3 is 0 Å². The highest BCUT2D eigenvalue weighted by molar-refractivity contribution is 5.83. The van der Waals surface area contributed by atoms with Crippen molar-refractivity contribution >= 4 is 5.91 Å². The lowest BCUT2D eigenvalue weighted by atomic mass is 9.74. The number of ether oxygens (including phenoxy) is 1. The number of carbonyl (C=O) groups excluding carboxylic acids is 1. The minimum absolute atomic E-state index is 0.0283. The molecule has 156 valence electrons. The molecule has 0 unspecified atom stereocenters. The monoisotopic (exact) mass is 395 g/mol. The Labute approximate surface area is 174 Å². The Balaban J connectivity index is 1.80. The normalized spacial score (nSPS) is 17.0. The SMILES string of the molecule is CC[C@H](CO)NC(=O)C1(Cc2ccc(-c3cc(C)cc(C)c3)cc2)CCOCC1. The molecule has 0 spiro atoms. The third-order valence-electron chi connectivity index (χ3n) is 6.03. The maximum absolute atomic E-state index is 13.1. The summed E-state index contributed by atoms with van der Waals surface area (Å²) in [6, 6.07) is 15.0. The molecule has 2 N–H and O–H groups in total. The number of amides is 1. The summed E-state index contributed by atoms with van der Waals surface area (Å²) < 4.78 is 5.54. The molecule has 0 saturated carbocycles. The molecule has 2 aromatic carbocycles. The second kappa shape index (κ2) is 9.55. The fourth-order valence-corrected chi connectivity index (χ4v) is 4.21. The van der Waals surface area contributed by atoms with Crippen LogP contribution in [0.5, 0.6) is 0 Å². The van der Waals surface area contributed by atoms with E-state index in [1.54, 1.807) is 0 Å². The van der Waals surface area contributed by atoms with Crippen molar-refractivity contribution in [1.29, 1.82) is 0 Å². The van der Waals surface area contributed by atoms with Gasteiger partial charge in [-0.25, -0.2) is 0 Å². The van der Waals surface area contributed by atoms with Crippen LogP contribution in [0.25, 0.3) is 11.1 Å². The summed E-state index contributed by atoms with van der Waals surface area (Å²) >= 11 is 0. The predicted octanol–water partition coefficient (Wildman–Crippen LogP) is 4.20. The Kier molecular flexibility index (Phi) is 7.09. The number of hydrogen-bond acceptors (Lipinski definition) is 3. The third kappa shape index (κ3) is 5.26. The van der Waals surface area contributed by atoms with Crippen molar-refractivity contribution < 1.29 is 14.6 Å². The van der Waals surface area contributed by atoms with Crippen LogP contribution < -0.4 is 5.32 Å². The van der Waals surface area contributed by atoms with Gasteiger partial charge in [0.15, 0.2) is 0 Å². The van der Waals surface area contributed by atoms with E-state index in [0.29, 0.717) is 32.5 Å². The number of aryl methyl sites for hydroxylation is 2. The number of benzene rings is 2. The van der Waals surface area contributed by atoms with Gasteiger partial charge in [0.2, 0.25) is 5.91 Å². The summed E-state index contributed by atoms with van der Waals surface area (Å²) in [5.41, 5.74) is 5.63. The highest BCUT2D eigenvalue weighted by Crippen LogP contribution is 2.35. The first-order valence-electron chi connectivity index (χ1n) is 10.6. The van der Waals surface area contributed by atoms with Crippen LogP contribution in [0.1, 0.15) is 42.9 Å². The molecule has 1 aliphatic heterocycles. The van der Waals surface area contributed by atoms with E-state index in [9.17, 15) is 9.90 Å². The fraction of sp³-hybridized carbons (Fsp3) is 0.480. The number of aliphatic hydroxyl groups is 1. The van der Waals surface area contributed by atoms with E-state index in [0.717, 1.165) is 12.0 Å². The number of rotatable bonds is 7. The van der Waals surface area contributed by atoms with Crippen LogP contribution in [0.2, 0.25) is 0 Å². The lowest BCUT2D eigenvalue weighted by Gasteiger charge is -2.37. The Morgan fingerprint density at radius 2 is 1.69 bits per heavy atom. The molecule has 4 heteroatoms. The summed E-state index contributed by atoms with van der Waals surface area (Å²) in [6.07, 6.45) is 2.83. The van der Waals surface area contributed by atoms with Crippen LogP contribution in [0.4, 0.5) is 0 Å². The maximum atomic E-state index is 13.1. The molecule has 3 rings (SSSR count). The molecule has 0 aromatic heterocycles. The molecule has 1 fully saturated rings. The first-order chi connectivity index (χ1) is 14.0. The Hall–Kier alpha value is -2.17. The zero-order valence-electron chi connectivity index (χ0n) is 17.8. The molecule has 1 aliphatic rings. The van der Waals surface area contributed by atoms with Crippen LogP contribution >= 0.6 is 0 Å². The van der Waals surface area contributed by atoms with E-state index in [2.05, 4.69) is 61.6 Å². The zero-order valence-corrected chi connectivity index (χ0v) is 17.8. The lowest BCUT2D eigenvalue weighted by Crippen LogP contribution is -2.50. The largest absolute Gasteiger partial charge is 0.394 e. The van der Waals surface area contributed by atoms with Crippen LogP contribution in [-0.2, 0) is 16.0 Å². The number of carbonyl (C=O) groups is 1. The highest BCUT2D eigenvalue weighted by atomic mass is 16.5. The van der Waals surface area contributed by atoms with Crippen molar-refractivity contribution in [3.05, 3.63) is 59.2 Å². The van der Waals surface area contributed by atoms with Gasteiger partial charge in [0, 0.05) is 13.2 Å². The summed E-state index contributed by atoms with van der Waals surface area (Å²) in [4.78, 5) is 13.1. The van der Waals surface area contributed by atoms with Crippen molar-refractivity contribution in [2.45, 2.75) is 52.5 Å². The molecule has 1 amide bonds. The molecule has 2 aromatic rings. The number of aliphatic hydroxyl groups excluding tert-OH is 1. The predicted molar refractivity (Wildman–Crippen MR) is 117 cm³/mol. The quantitative estimate of drug-likeness (QED) is 0.739. The van der Waals surface area contributed by atoms with Gasteiger partial charge in [0.1, 0.15) is 0 Å². The average Bonchev–Trinajstić information content (AvgIpc) is 2.72. The molecule has 0 aliphatic carbocycles. The number of nitrogens with one attached hydrogen (secondary N) is 1. The highest BCUT2D eigenvalue weighted by Gasteiger charge is 2.40. The van der Waals surface area contributed by atoms with E-state index >= 15 is 0 Å². The van der Waals surface area contributed by atoms with Crippen LogP contribution in [0.3, 0.4) is 0 Å². The van der Waals surface area contributed by atoms with Crippen molar-refractivity contribution in [2.24, 2.45) is 5.41 Å². The van der Waals surface area contributed by atoms with Crippen LogP contribution in [-0.4, -0.2) is 36.9 Å². The summed E-state index contributed by atoms with van der Waals surface area (Å²) in [5, 5.41) is 12.5. The zero-order chi connectivity index (χ0) is 20.9. The fourth-order valence-electron chi connectivity index (χ4n) is 4.21. The smallest absolute Gasteiger partial charge is 0.227 e. The molecular formula is C25H33NO3. The van der Waals surface area contributed by atoms with Crippen LogP contribution in [0, 0.1) is 19.3 Å². The molecular weight excluding hydrogens is 362 g/mol. The second-order valence-corrected chi connectivity index (χ2v) is 8.40. The van der Waals surface area contributed by atoms with Gasteiger partial charge in [-0.15, -0.1) is 0 Å². The summed E-state index contributed by atoms with van der Waals surface area (Å²) in [7, 11) is 0. The van der Waals surface area contributed by atoms with E-state index in [1.165, 1.54) is 22.3 Å². The van der Waals surface area contributed by atoms with Crippen molar-refractivity contribution in [1.82, 2.24) is 5.32 Å². The van der Waals surface area contributed by atoms with Gasteiger partial charge in [0.05, 0.1) is 18.1 Å². The van der Waals surface area contributed by atoms with E-state index < -0.39 is 5.41 Å². The Bertz CT molecular complexity index is 798. The minimum Gasteiger partial charge on any atom is -0.394 e. The molecule has 29 heavy (non-hydrogen) atoms. The molecule has 0 radical (unpaired) electrons. The van der Waals surface area contributed by atoms with Crippen molar-refractivity contribution in [3.63, 3.8) is 0 Å². The van der Waals surface area contributed by atoms with Gasteiger partial charge in [-0.05, 0) is 56.2 Å². The molecule has 4 nitrogen and oxygen atoms in total. The third-order valence-corrected chi connectivity index (χ3v) is 6.03. The van der Waals surface area contributed by atoms with E-state index in [-0.39, 0.29) is 18.6 Å². The molecule has 0 bridgehead atoms.